The van der Waals surface area contributed by atoms with Gasteiger partial charge in [-0.15, -0.1) is 5.10 Å². The van der Waals surface area contributed by atoms with Crippen molar-refractivity contribution in [3.05, 3.63) is 41.7 Å². The van der Waals surface area contributed by atoms with Gasteiger partial charge in [0.2, 0.25) is 10.0 Å². The Balaban J connectivity index is 1.92. The van der Waals surface area contributed by atoms with Gasteiger partial charge in [-0.05, 0) is 17.7 Å². The number of nitrogens with one attached hydrogen (secondary N) is 1. The minimum Gasteiger partial charge on any atom is -0.307 e. The standard InChI is InChI=1S/C11H15N5O2S/c1-16-10(8-14-15-16)7-13-6-9-2-4-11(5-3-9)19(12,17)18/h2-5,8,13H,6-7H2,1H3,(H2,12,17,18). The second kappa shape index (κ2) is 5.47. The number of hydrogen-bond acceptors (Lipinski definition) is 5. The zero-order valence-corrected chi connectivity index (χ0v) is 11.3. The molecule has 0 fully saturated rings. The van der Waals surface area contributed by atoms with Gasteiger partial charge in [-0.25, -0.2) is 13.6 Å². The molecule has 2 aromatic rings. The van der Waals surface area contributed by atoms with Gasteiger partial charge in [-0.3, -0.25) is 4.68 Å². The van der Waals surface area contributed by atoms with Crippen LogP contribution < -0.4 is 10.5 Å². The average molecular weight is 281 g/mol. The van der Waals surface area contributed by atoms with E-state index in [2.05, 4.69) is 15.6 Å². The summed E-state index contributed by atoms with van der Waals surface area (Å²) in [5.41, 5.74) is 1.95. The van der Waals surface area contributed by atoms with E-state index in [0.29, 0.717) is 13.1 Å². The number of hydrogen-bond donors (Lipinski definition) is 2. The van der Waals surface area contributed by atoms with E-state index in [0.717, 1.165) is 11.3 Å². The van der Waals surface area contributed by atoms with Crippen LogP contribution in [0.15, 0.2) is 35.4 Å². The maximum Gasteiger partial charge on any atom is 0.238 e. The molecule has 0 saturated heterocycles. The lowest BCUT2D eigenvalue weighted by Gasteiger charge is -2.05. The first-order valence-electron chi connectivity index (χ1n) is 5.63. The molecule has 1 aromatic heterocycles. The zero-order chi connectivity index (χ0) is 13.9. The summed E-state index contributed by atoms with van der Waals surface area (Å²) in [7, 11) is -1.80. The Morgan fingerprint density at radius 3 is 2.47 bits per heavy atom. The van der Waals surface area contributed by atoms with Crippen LogP contribution >= 0.6 is 0 Å². The quantitative estimate of drug-likeness (QED) is 0.787. The van der Waals surface area contributed by atoms with Crippen molar-refractivity contribution < 1.29 is 8.42 Å². The number of benzene rings is 1. The predicted octanol–water partition coefficient (Wildman–Crippen LogP) is -0.248. The molecule has 0 radical (unpaired) electrons. The summed E-state index contributed by atoms with van der Waals surface area (Å²) in [5.74, 6) is 0. The first kappa shape index (κ1) is 13.7. The summed E-state index contributed by atoms with van der Waals surface area (Å²) in [5, 5.41) is 15.9. The molecule has 0 atom stereocenters. The van der Waals surface area contributed by atoms with Crippen LogP contribution in [-0.2, 0) is 30.2 Å². The fourth-order valence-corrected chi connectivity index (χ4v) is 2.12. The second-order valence-corrected chi connectivity index (χ2v) is 5.70. The molecule has 0 spiro atoms. The highest BCUT2D eigenvalue weighted by Gasteiger charge is 2.06. The van der Waals surface area contributed by atoms with Gasteiger partial charge in [0.05, 0.1) is 16.8 Å². The third-order valence-electron chi connectivity index (χ3n) is 2.70. The maximum absolute atomic E-state index is 11.1. The topological polar surface area (TPSA) is 103 Å². The van der Waals surface area contributed by atoms with Crippen LogP contribution in [0.3, 0.4) is 0 Å². The number of rotatable bonds is 5. The molecule has 0 bridgehead atoms. The second-order valence-electron chi connectivity index (χ2n) is 4.14. The molecule has 1 aromatic carbocycles. The fraction of sp³-hybridized carbons (Fsp3) is 0.273. The highest BCUT2D eigenvalue weighted by atomic mass is 32.2. The molecule has 19 heavy (non-hydrogen) atoms. The van der Waals surface area contributed by atoms with E-state index in [-0.39, 0.29) is 4.90 Å². The smallest absolute Gasteiger partial charge is 0.238 e. The Bertz CT molecular complexity index is 648. The summed E-state index contributed by atoms with van der Waals surface area (Å²) >= 11 is 0. The first-order valence-corrected chi connectivity index (χ1v) is 7.17. The van der Waals surface area contributed by atoms with E-state index in [1.54, 1.807) is 23.0 Å². The first-order chi connectivity index (χ1) is 8.97. The van der Waals surface area contributed by atoms with Crippen molar-refractivity contribution in [2.45, 2.75) is 18.0 Å². The van der Waals surface area contributed by atoms with Crippen LogP contribution in [0.2, 0.25) is 0 Å². The summed E-state index contributed by atoms with van der Waals surface area (Å²) < 4.78 is 23.9. The average Bonchev–Trinajstić information content (AvgIpc) is 2.75. The maximum atomic E-state index is 11.1. The lowest BCUT2D eigenvalue weighted by atomic mass is 10.2. The van der Waals surface area contributed by atoms with Crippen LogP contribution in [0.4, 0.5) is 0 Å². The Morgan fingerprint density at radius 2 is 1.95 bits per heavy atom. The van der Waals surface area contributed by atoms with E-state index in [1.807, 2.05) is 7.05 Å². The third-order valence-corrected chi connectivity index (χ3v) is 3.62. The van der Waals surface area contributed by atoms with E-state index >= 15 is 0 Å². The molecule has 1 heterocycles. The summed E-state index contributed by atoms with van der Waals surface area (Å²) in [6.45, 7) is 1.26. The van der Waals surface area contributed by atoms with Gasteiger partial charge in [0.25, 0.3) is 0 Å². The Morgan fingerprint density at radius 1 is 1.26 bits per heavy atom. The fourth-order valence-electron chi connectivity index (χ4n) is 1.60. The van der Waals surface area contributed by atoms with Gasteiger partial charge in [-0.1, -0.05) is 17.3 Å². The predicted molar refractivity (Wildman–Crippen MR) is 69.4 cm³/mol. The van der Waals surface area contributed by atoms with E-state index < -0.39 is 10.0 Å². The number of aryl methyl sites for hydroxylation is 1. The van der Waals surface area contributed by atoms with Gasteiger partial charge in [-0.2, -0.15) is 0 Å². The number of nitrogens with zero attached hydrogens (tertiary/aromatic N) is 3. The minimum atomic E-state index is -3.62. The van der Waals surface area contributed by atoms with Crippen LogP contribution in [-0.4, -0.2) is 23.4 Å². The van der Waals surface area contributed by atoms with E-state index in [4.69, 9.17) is 5.14 Å². The van der Waals surface area contributed by atoms with Gasteiger partial charge < -0.3 is 5.32 Å². The van der Waals surface area contributed by atoms with Crippen molar-refractivity contribution in [2.24, 2.45) is 12.2 Å². The summed E-state index contributed by atoms with van der Waals surface area (Å²) in [6.07, 6.45) is 1.69. The van der Waals surface area contributed by atoms with E-state index in [9.17, 15) is 8.42 Å². The van der Waals surface area contributed by atoms with Crippen molar-refractivity contribution in [3.8, 4) is 0 Å². The largest absolute Gasteiger partial charge is 0.307 e. The molecule has 0 unspecified atom stereocenters. The third kappa shape index (κ3) is 3.60. The number of aromatic nitrogens is 3. The Hall–Kier alpha value is -1.77. The van der Waals surface area contributed by atoms with Crippen LogP contribution in [0.1, 0.15) is 11.3 Å². The molecule has 8 heteroatoms. The molecule has 0 aliphatic heterocycles. The molecule has 2 rings (SSSR count). The lowest BCUT2D eigenvalue weighted by Crippen LogP contribution is -2.16. The number of primary sulfonamides is 1. The Kier molecular flexibility index (Phi) is 3.93. The molecule has 0 aliphatic rings. The normalized spacial score (nSPS) is 11.7. The highest BCUT2D eigenvalue weighted by Crippen LogP contribution is 2.08. The van der Waals surface area contributed by atoms with Crippen molar-refractivity contribution in [3.63, 3.8) is 0 Å². The summed E-state index contributed by atoms with van der Waals surface area (Å²) in [4.78, 5) is 0.118. The van der Waals surface area contributed by atoms with Crippen LogP contribution in [0.5, 0.6) is 0 Å². The van der Waals surface area contributed by atoms with Crippen molar-refractivity contribution in [2.75, 3.05) is 0 Å². The van der Waals surface area contributed by atoms with Gasteiger partial charge in [0.15, 0.2) is 0 Å². The Labute approximate surface area is 111 Å². The van der Waals surface area contributed by atoms with Crippen molar-refractivity contribution in [1.82, 2.24) is 20.3 Å². The van der Waals surface area contributed by atoms with Gasteiger partial charge in [0.1, 0.15) is 0 Å². The minimum absolute atomic E-state index is 0.118. The molecule has 0 amide bonds. The summed E-state index contributed by atoms with van der Waals surface area (Å²) in [6, 6.07) is 6.46. The lowest BCUT2D eigenvalue weighted by molar-refractivity contribution is 0.597. The molecular weight excluding hydrogens is 266 g/mol. The molecule has 0 aliphatic carbocycles. The molecule has 0 saturated carbocycles. The van der Waals surface area contributed by atoms with Crippen LogP contribution in [0.25, 0.3) is 0 Å². The zero-order valence-electron chi connectivity index (χ0n) is 10.4. The molecular formula is C11H15N5O2S. The van der Waals surface area contributed by atoms with Gasteiger partial charge >= 0.3 is 0 Å². The van der Waals surface area contributed by atoms with Gasteiger partial charge in [0, 0.05) is 20.1 Å². The van der Waals surface area contributed by atoms with Crippen LogP contribution in [0, 0.1) is 0 Å². The van der Waals surface area contributed by atoms with Crippen molar-refractivity contribution in [1.29, 1.82) is 0 Å². The SMILES string of the molecule is Cn1nncc1CNCc1ccc(S(N)(=O)=O)cc1. The molecule has 3 N–H and O–H groups in total. The van der Waals surface area contributed by atoms with E-state index in [1.165, 1.54) is 12.1 Å². The monoisotopic (exact) mass is 281 g/mol. The number of sulfonamides is 1. The molecule has 7 nitrogen and oxygen atoms in total. The number of nitrogens with two attached hydrogens (primary N) is 1. The van der Waals surface area contributed by atoms with Crippen molar-refractivity contribution >= 4 is 10.0 Å². The molecule has 102 valence electrons. The highest BCUT2D eigenvalue weighted by molar-refractivity contribution is 7.89.